The number of likely N-dealkylation sites (N-methyl/N-ethyl adjacent to an activating group) is 1. The maximum Gasteiger partial charge on any atom is 0.0325 e. The lowest BCUT2D eigenvalue weighted by Gasteiger charge is -2.39. The molecule has 1 saturated carbocycles. The number of hydrogen-bond donors (Lipinski definition) is 1. The lowest BCUT2D eigenvalue weighted by Crippen LogP contribution is -2.58. The molecular weight excluding hydrogens is 124 g/mol. The molecule has 0 spiro atoms. The summed E-state index contributed by atoms with van der Waals surface area (Å²) in [5, 5.41) is 3.61. The van der Waals surface area contributed by atoms with Gasteiger partial charge >= 0.3 is 0 Å². The fourth-order valence-electron chi connectivity index (χ4n) is 1.52. The van der Waals surface area contributed by atoms with Gasteiger partial charge in [0.25, 0.3) is 0 Å². The molecule has 2 heteroatoms. The molecule has 1 heterocycles. The largest absolute Gasteiger partial charge is 0.309 e. The van der Waals surface area contributed by atoms with Crippen LogP contribution in [0, 0.1) is 0 Å². The molecule has 0 unspecified atom stereocenters. The van der Waals surface area contributed by atoms with Gasteiger partial charge in [-0.25, -0.2) is 0 Å². The van der Waals surface area contributed by atoms with Gasteiger partial charge in [-0.1, -0.05) is 6.92 Å². The molecule has 0 atom stereocenters. The van der Waals surface area contributed by atoms with E-state index in [0.717, 1.165) is 12.1 Å². The van der Waals surface area contributed by atoms with Crippen LogP contribution in [0.1, 0.15) is 19.8 Å². The second kappa shape index (κ2) is 2.51. The highest BCUT2D eigenvalue weighted by molar-refractivity contribution is 4.92. The molecule has 1 aliphatic carbocycles. The lowest BCUT2D eigenvalue weighted by molar-refractivity contribution is 0.133. The van der Waals surface area contributed by atoms with Crippen molar-refractivity contribution in [3.05, 3.63) is 0 Å². The third-order valence-electron chi connectivity index (χ3n) is 2.45. The number of nitrogens with one attached hydrogen (secondary N) is 1. The van der Waals surface area contributed by atoms with Gasteiger partial charge in [0.05, 0.1) is 0 Å². The van der Waals surface area contributed by atoms with E-state index in [1.165, 1.54) is 32.5 Å². The van der Waals surface area contributed by atoms with Crippen LogP contribution in [0.25, 0.3) is 0 Å². The number of likely N-dealkylation sites (tertiary alicyclic amines) is 1. The van der Waals surface area contributed by atoms with Crippen LogP contribution >= 0.6 is 0 Å². The highest BCUT2D eigenvalue weighted by Gasteiger charge is 2.30. The van der Waals surface area contributed by atoms with Crippen LogP contribution < -0.4 is 5.32 Å². The van der Waals surface area contributed by atoms with Crippen LogP contribution in [0.15, 0.2) is 0 Å². The van der Waals surface area contributed by atoms with Crippen molar-refractivity contribution in [2.24, 2.45) is 0 Å². The molecule has 0 amide bonds. The van der Waals surface area contributed by atoms with Crippen LogP contribution in [0.4, 0.5) is 0 Å². The molecule has 0 aromatic rings. The topological polar surface area (TPSA) is 15.3 Å². The highest BCUT2D eigenvalue weighted by Crippen LogP contribution is 2.21. The van der Waals surface area contributed by atoms with Crippen molar-refractivity contribution in [2.75, 3.05) is 19.6 Å². The summed E-state index contributed by atoms with van der Waals surface area (Å²) >= 11 is 0. The minimum Gasteiger partial charge on any atom is -0.309 e. The summed E-state index contributed by atoms with van der Waals surface area (Å²) in [5.74, 6) is 0. The van der Waals surface area contributed by atoms with Crippen LogP contribution in [-0.4, -0.2) is 36.6 Å². The summed E-state index contributed by atoms with van der Waals surface area (Å²) in [6, 6.07) is 1.72. The molecule has 0 bridgehead atoms. The third kappa shape index (κ3) is 1.32. The molecular formula is C8H16N2. The van der Waals surface area contributed by atoms with Crippen LogP contribution in [-0.2, 0) is 0 Å². The Morgan fingerprint density at radius 2 is 2.00 bits per heavy atom. The van der Waals surface area contributed by atoms with E-state index >= 15 is 0 Å². The van der Waals surface area contributed by atoms with Crippen molar-refractivity contribution in [3.8, 4) is 0 Å². The number of hydrogen-bond acceptors (Lipinski definition) is 2. The van der Waals surface area contributed by atoms with Gasteiger partial charge in [-0.2, -0.15) is 0 Å². The van der Waals surface area contributed by atoms with E-state index in [0.29, 0.717) is 0 Å². The predicted octanol–water partition coefficient (Wildman–Crippen LogP) is 0.442. The van der Waals surface area contributed by atoms with E-state index in [1.54, 1.807) is 0 Å². The SMILES string of the molecule is CCN1CC(NC2CC2)C1. The van der Waals surface area contributed by atoms with Crippen molar-refractivity contribution in [1.29, 1.82) is 0 Å². The molecule has 2 nitrogen and oxygen atoms in total. The molecule has 2 aliphatic rings. The molecule has 1 aliphatic heterocycles. The standard InChI is InChI=1S/C8H16N2/c1-2-10-5-8(6-10)9-7-3-4-7/h7-9H,2-6H2,1H3. The summed E-state index contributed by atoms with van der Waals surface area (Å²) in [6.45, 7) is 6.02. The van der Waals surface area contributed by atoms with Crippen molar-refractivity contribution < 1.29 is 0 Å². The average molecular weight is 140 g/mol. The van der Waals surface area contributed by atoms with Gasteiger partial charge in [-0.05, 0) is 19.4 Å². The van der Waals surface area contributed by atoms with E-state index in [-0.39, 0.29) is 0 Å². The maximum atomic E-state index is 3.61. The highest BCUT2D eigenvalue weighted by atomic mass is 15.2. The molecule has 1 N–H and O–H groups in total. The summed E-state index contributed by atoms with van der Waals surface area (Å²) in [6.07, 6.45) is 2.84. The Hall–Kier alpha value is -0.0800. The zero-order valence-corrected chi connectivity index (χ0v) is 6.64. The summed E-state index contributed by atoms with van der Waals surface area (Å²) < 4.78 is 0. The van der Waals surface area contributed by atoms with E-state index in [1.807, 2.05) is 0 Å². The smallest absolute Gasteiger partial charge is 0.0325 e. The molecule has 10 heavy (non-hydrogen) atoms. The first-order valence-corrected chi connectivity index (χ1v) is 4.37. The van der Waals surface area contributed by atoms with E-state index in [9.17, 15) is 0 Å². The fourth-order valence-corrected chi connectivity index (χ4v) is 1.52. The Labute approximate surface area is 62.6 Å². The fraction of sp³-hybridized carbons (Fsp3) is 1.00. The van der Waals surface area contributed by atoms with Gasteiger partial charge in [0.2, 0.25) is 0 Å². The van der Waals surface area contributed by atoms with Crippen molar-refractivity contribution in [3.63, 3.8) is 0 Å². The second-order valence-corrected chi connectivity index (χ2v) is 3.49. The van der Waals surface area contributed by atoms with Crippen LogP contribution in [0.3, 0.4) is 0 Å². The monoisotopic (exact) mass is 140 g/mol. The normalized spacial score (nSPS) is 28.5. The van der Waals surface area contributed by atoms with E-state index in [4.69, 9.17) is 0 Å². The van der Waals surface area contributed by atoms with Gasteiger partial charge in [-0.15, -0.1) is 0 Å². The Morgan fingerprint density at radius 3 is 2.50 bits per heavy atom. The van der Waals surface area contributed by atoms with Gasteiger partial charge in [-0.3, -0.25) is 0 Å². The van der Waals surface area contributed by atoms with Crippen molar-refractivity contribution in [2.45, 2.75) is 31.8 Å². The first-order valence-electron chi connectivity index (χ1n) is 4.37. The molecule has 1 saturated heterocycles. The van der Waals surface area contributed by atoms with Gasteiger partial charge in [0.1, 0.15) is 0 Å². The zero-order valence-electron chi connectivity index (χ0n) is 6.64. The third-order valence-corrected chi connectivity index (χ3v) is 2.45. The van der Waals surface area contributed by atoms with Crippen molar-refractivity contribution in [1.82, 2.24) is 10.2 Å². The quantitative estimate of drug-likeness (QED) is 0.612. The van der Waals surface area contributed by atoms with Gasteiger partial charge < -0.3 is 10.2 Å². The molecule has 2 fully saturated rings. The molecule has 58 valence electrons. The van der Waals surface area contributed by atoms with Crippen LogP contribution in [0.2, 0.25) is 0 Å². The summed E-state index contributed by atoms with van der Waals surface area (Å²) in [7, 11) is 0. The van der Waals surface area contributed by atoms with Gasteiger partial charge in [0.15, 0.2) is 0 Å². The Balaban J connectivity index is 1.60. The lowest BCUT2D eigenvalue weighted by atomic mass is 10.1. The van der Waals surface area contributed by atoms with Crippen molar-refractivity contribution >= 4 is 0 Å². The van der Waals surface area contributed by atoms with Crippen LogP contribution in [0.5, 0.6) is 0 Å². The van der Waals surface area contributed by atoms with E-state index < -0.39 is 0 Å². The average Bonchev–Trinajstić information content (AvgIpc) is 2.60. The molecule has 0 aromatic heterocycles. The number of rotatable bonds is 3. The maximum absolute atomic E-state index is 3.61. The molecule has 0 radical (unpaired) electrons. The minimum atomic E-state index is 0.826. The summed E-state index contributed by atoms with van der Waals surface area (Å²) in [4.78, 5) is 2.47. The first-order chi connectivity index (χ1) is 4.88. The Kier molecular flexibility index (Phi) is 1.66. The molecule has 2 rings (SSSR count). The Bertz CT molecular complexity index is 114. The minimum absolute atomic E-state index is 0.826. The zero-order chi connectivity index (χ0) is 6.97. The van der Waals surface area contributed by atoms with E-state index in [2.05, 4.69) is 17.1 Å². The number of nitrogens with zero attached hydrogens (tertiary/aromatic N) is 1. The molecule has 0 aromatic carbocycles. The van der Waals surface area contributed by atoms with Gasteiger partial charge in [0, 0.05) is 25.2 Å². The first kappa shape index (κ1) is 6.62. The second-order valence-electron chi connectivity index (χ2n) is 3.49. The summed E-state index contributed by atoms with van der Waals surface area (Å²) in [5.41, 5.74) is 0. The predicted molar refractivity (Wildman–Crippen MR) is 42.1 cm³/mol. The Morgan fingerprint density at radius 1 is 1.30 bits per heavy atom.